The first kappa shape index (κ1) is 20.8. The molecule has 3 rings (SSSR count). The van der Waals surface area contributed by atoms with Crippen molar-refractivity contribution in [1.29, 1.82) is 5.26 Å². The second kappa shape index (κ2) is 7.82. The molecule has 1 atom stereocenters. The van der Waals surface area contributed by atoms with Crippen molar-refractivity contribution in [3.8, 4) is 6.07 Å². The highest BCUT2D eigenvalue weighted by Crippen LogP contribution is 2.33. The summed E-state index contributed by atoms with van der Waals surface area (Å²) >= 11 is 0. The first-order valence-electron chi connectivity index (χ1n) is 9.88. The largest absolute Gasteiger partial charge is 0.465 e. The highest BCUT2D eigenvalue weighted by molar-refractivity contribution is 5.71. The van der Waals surface area contributed by atoms with Crippen molar-refractivity contribution in [3.05, 3.63) is 28.8 Å². The number of benzene rings is 1. The first-order valence-corrected chi connectivity index (χ1v) is 9.88. The van der Waals surface area contributed by atoms with Gasteiger partial charge in [-0.2, -0.15) is 5.26 Å². The number of hydrogen-bond donors (Lipinski definition) is 1. The molecule has 156 valence electrons. The summed E-state index contributed by atoms with van der Waals surface area (Å²) in [5, 5.41) is 18.9. The minimum atomic E-state index is -0.952. The molecule has 0 aromatic heterocycles. The standard InChI is InChI=1S/C21H28N4O4/c1-14-12-23(9-10-25(14)20(28)29-21(2,3)4)18-6-5-15(11-22)16-7-8-24(19(26)27)13-17(16)18/h5-6,14H,7-10,12-13H2,1-4H3,(H,26,27)/t14-/m1/s1. The zero-order valence-corrected chi connectivity index (χ0v) is 17.4. The molecule has 0 bridgehead atoms. The maximum atomic E-state index is 12.5. The van der Waals surface area contributed by atoms with Gasteiger partial charge in [-0.3, -0.25) is 0 Å². The highest BCUT2D eigenvalue weighted by atomic mass is 16.6. The molecule has 29 heavy (non-hydrogen) atoms. The molecule has 0 radical (unpaired) electrons. The summed E-state index contributed by atoms with van der Waals surface area (Å²) in [6, 6.07) is 5.89. The zero-order chi connectivity index (χ0) is 21.3. The third kappa shape index (κ3) is 4.39. The minimum absolute atomic E-state index is 0.0518. The van der Waals surface area contributed by atoms with E-state index in [1.54, 1.807) is 4.90 Å². The van der Waals surface area contributed by atoms with E-state index in [9.17, 15) is 20.0 Å². The third-order valence-electron chi connectivity index (χ3n) is 5.37. The van der Waals surface area contributed by atoms with Crippen LogP contribution in [-0.2, 0) is 17.7 Å². The van der Waals surface area contributed by atoms with Crippen LogP contribution in [0.15, 0.2) is 12.1 Å². The van der Waals surface area contributed by atoms with Gasteiger partial charge in [-0.15, -0.1) is 0 Å². The van der Waals surface area contributed by atoms with Crippen LogP contribution in [0.25, 0.3) is 0 Å². The second-order valence-corrected chi connectivity index (χ2v) is 8.62. The molecule has 2 heterocycles. The lowest BCUT2D eigenvalue weighted by atomic mass is 9.92. The molecule has 1 aromatic rings. The lowest BCUT2D eigenvalue weighted by molar-refractivity contribution is 0.0158. The summed E-state index contributed by atoms with van der Waals surface area (Å²) in [6.45, 7) is 9.96. The molecular formula is C21H28N4O4. The molecule has 0 unspecified atom stereocenters. The summed E-state index contributed by atoms with van der Waals surface area (Å²) in [7, 11) is 0. The number of ether oxygens (including phenoxy) is 1. The fraction of sp³-hybridized carbons (Fsp3) is 0.571. The van der Waals surface area contributed by atoms with E-state index in [-0.39, 0.29) is 18.7 Å². The predicted octanol–water partition coefficient (Wildman–Crippen LogP) is 3.04. The van der Waals surface area contributed by atoms with E-state index in [1.807, 2.05) is 39.8 Å². The molecular weight excluding hydrogens is 372 g/mol. The Morgan fingerprint density at radius 3 is 2.52 bits per heavy atom. The molecule has 2 aliphatic heterocycles. The maximum absolute atomic E-state index is 12.5. The highest BCUT2D eigenvalue weighted by Gasteiger charge is 2.33. The Balaban J connectivity index is 1.83. The van der Waals surface area contributed by atoms with E-state index in [0.29, 0.717) is 38.2 Å². The summed E-state index contributed by atoms with van der Waals surface area (Å²) < 4.78 is 5.51. The van der Waals surface area contributed by atoms with Crippen molar-refractivity contribution in [2.75, 3.05) is 31.1 Å². The van der Waals surface area contributed by atoms with Gasteiger partial charge in [-0.05, 0) is 57.4 Å². The fourth-order valence-corrected chi connectivity index (χ4v) is 3.99. The van der Waals surface area contributed by atoms with E-state index in [2.05, 4.69) is 11.0 Å². The van der Waals surface area contributed by atoms with Crippen LogP contribution in [0.5, 0.6) is 0 Å². The normalized spacial score (nSPS) is 19.4. The van der Waals surface area contributed by atoms with Crippen molar-refractivity contribution in [3.63, 3.8) is 0 Å². The van der Waals surface area contributed by atoms with Crippen LogP contribution in [0.2, 0.25) is 0 Å². The third-order valence-corrected chi connectivity index (χ3v) is 5.37. The van der Waals surface area contributed by atoms with Crippen molar-refractivity contribution < 1.29 is 19.4 Å². The Bertz CT molecular complexity index is 855. The van der Waals surface area contributed by atoms with Gasteiger partial charge in [-0.25, -0.2) is 9.59 Å². The van der Waals surface area contributed by atoms with Gasteiger partial charge in [0.1, 0.15) is 5.60 Å². The quantitative estimate of drug-likeness (QED) is 0.778. The maximum Gasteiger partial charge on any atom is 0.410 e. The minimum Gasteiger partial charge on any atom is -0.465 e. The SMILES string of the molecule is C[C@@H]1CN(c2ccc(C#N)c3c2CN(C(=O)O)CC3)CCN1C(=O)OC(C)(C)C. The Hall–Kier alpha value is -2.95. The molecule has 8 heteroatoms. The molecule has 0 aliphatic carbocycles. The van der Waals surface area contributed by atoms with E-state index in [4.69, 9.17) is 4.74 Å². The molecule has 1 aromatic carbocycles. The molecule has 8 nitrogen and oxygen atoms in total. The Kier molecular flexibility index (Phi) is 5.60. The lowest BCUT2D eigenvalue weighted by Crippen LogP contribution is -2.55. The Morgan fingerprint density at radius 2 is 1.93 bits per heavy atom. The number of nitriles is 1. The molecule has 0 spiro atoms. The second-order valence-electron chi connectivity index (χ2n) is 8.62. The summed E-state index contributed by atoms with van der Waals surface area (Å²) in [6.07, 6.45) is -0.734. The molecule has 2 amide bonds. The summed E-state index contributed by atoms with van der Waals surface area (Å²) in [4.78, 5) is 29.3. The molecule has 1 saturated heterocycles. The van der Waals surface area contributed by atoms with E-state index >= 15 is 0 Å². The van der Waals surface area contributed by atoms with Gasteiger partial charge in [0, 0.05) is 37.9 Å². The van der Waals surface area contributed by atoms with Crippen LogP contribution >= 0.6 is 0 Å². The number of rotatable bonds is 1. The van der Waals surface area contributed by atoms with E-state index in [0.717, 1.165) is 16.8 Å². The summed E-state index contributed by atoms with van der Waals surface area (Å²) in [5.41, 5.74) is 2.84. The number of piperazine rings is 1. The van der Waals surface area contributed by atoms with Crippen LogP contribution in [0.4, 0.5) is 15.3 Å². The molecule has 0 saturated carbocycles. The zero-order valence-electron chi connectivity index (χ0n) is 17.4. The van der Waals surface area contributed by atoms with Crippen molar-refractivity contribution >= 4 is 17.9 Å². The number of carboxylic acid groups (broad SMARTS) is 1. The van der Waals surface area contributed by atoms with Crippen molar-refractivity contribution in [2.24, 2.45) is 0 Å². The van der Waals surface area contributed by atoms with Crippen LogP contribution in [-0.4, -0.2) is 64.9 Å². The van der Waals surface area contributed by atoms with Gasteiger partial charge in [0.05, 0.1) is 18.2 Å². The number of fused-ring (bicyclic) bond motifs is 1. The summed E-state index contributed by atoms with van der Waals surface area (Å²) in [5.74, 6) is 0. The van der Waals surface area contributed by atoms with Gasteiger partial charge in [0.25, 0.3) is 0 Å². The van der Waals surface area contributed by atoms with E-state index < -0.39 is 11.7 Å². The van der Waals surface area contributed by atoms with Crippen LogP contribution in [0, 0.1) is 11.3 Å². The molecule has 1 N–H and O–H groups in total. The van der Waals surface area contributed by atoms with Gasteiger partial charge < -0.3 is 24.5 Å². The van der Waals surface area contributed by atoms with Crippen molar-refractivity contribution in [1.82, 2.24) is 9.80 Å². The Morgan fingerprint density at radius 1 is 1.21 bits per heavy atom. The number of nitrogens with zero attached hydrogens (tertiary/aromatic N) is 4. The lowest BCUT2D eigenvalue weighted by Gasteiger charge is -2.42. The first-order chi connectivity index (χ1) is 13.6. The fourth-order valence-electron chi connectivity index (χ4n) is 3.99. The van der Waals surface area contributed by atoms with Gasteiger partial charge >= 0.3 is 12.2 Å². The van der Waals surface area contributed by atoms with Gasteiger partial charge in [-0.1, -0.05) is 0 Å². The van der Waals surface area contributed by atoms with Gasteiger partial charge in [0.15, 0.2) is 0 Å². The molecule has 1 fully saturated rings. The predicted molar refractivity (Wildman–Crippen MR) is 108 cm³/mol. The number of carbonyl (C=O) groups excluding carboxylic acids is 1. The van der Waals surface area contributed by atoms with Crippen LogP contribution < -0.4 is 4.90 Å². The Labute approximate surface area is 171 Å². The topological polar surface area (TPSA) is 97.1 Å². The number of hydrogen-bond acceptors (Lipinski definition) is 5. The monoisotopic (exact) mass is 400 g/mol. The average molecular weight is 400 g/mol. The number of anilines is 1. The number of amides is 2. The van der Waals surface area contributed by atoms with Crippen molar-refractivity contribution in [2.45, 2.75) is 52.3 Å². The number of carbonyl (C=O) groups is 2. The molecule has 2 aliphatic rings. The van der Waals surface area contributed by atoms with E-state index in [1.165, 1.54) is 4.90 Å². The van der Waals surface area contributed by atoms with Crippen LogP contribution in [0.3, 0.4) is 0 Å². The van der Waals surface area contributed by atoms with Gasteiger partial charge in [0.2, 0.25) is 0 Å². The smallest absolute Gasteiger partial charge is 0.410 e. The van der Waals surface area contributed by atoms with Crippen LogP contribution in [0.1, 0.15) is 44.4 Å². The average Bonchev–Trinajstić information content (AvgIpc) is 2.65.